The second kappa shape index (κ2) is 5.44. The highest BCUT2D eigenvalue weighted by molar-refractivity contribution is 6.20. The van der Waals surface area contributed by atoms with Crippen LogP contribution in [0.3, 0.4) is 0 Å². The van der Waals surface area contributed by atoms with E-state index in [1.54, 1.807) is 0 Å². The zero-order valence-corrected chi connectivity index (χ0v) is 15.3. The summed E-state index contributed by atoms with van der Waals surface area (Å²) in [6.07, 6.45) is 0.265. The number of hydrogen-bond donors (Lipinski definition) is 2. The highest BCUT2D eigenvalue weighted by Gasteiger charge is 2.64. The van der Waals surface area contributed by atoms with E-state index >= 15 is 0 Å². The van der Waals surface area contributed by atoms with Gasteiger partial charge in [-0.05, 0) is 23.8 Å². The van der Waals surface area contributed by atoms with Gasteiger partial charge in [0.25, 0.3) is 0 Å². The number of carbonyl (C=O) groups is 3. The Kier molecular flexibility index (Phi) is 3.52. The third kappa shape index (κ3) is 2.02. The van der Waals surface area contributed by atoms with Crippen molar-refractivity contribution in [2.24, 2.45) is 5.41 Å². The average Bonchev–Trinajstić information content (AvgIpc) is 2.62. The number of amides is 4. The maximum atomic E-state index is 13.3. The minimum Gasteiger partial charge on any atom is -0.399 e. The van der Waals surface area contributed by atoms with Crippen LogP contribution in [0.4, 0.5) is 16.2 Å². The van der Waals surface area contributed by atoms with E-state index in [4.69, 9.17) is 5.73 Å². The van der Waals surface area contributed by atoms with Crippen molar-refractivity contribution in [3.8, 4) is 0 Å². The van der Waals surface area contributed by atoms with Crippen molar-refractivity contribution >= 4 is 29.2 Å². The van der Waals surface area contributed by atoms with Gasteiger partial charge in [-0.3, -0.25) is 19.4 Å². The Balaban J connectivity index is 1.93. The van der Waals surface area contributed by atoms with Crippen LogP contribution < -0.4 is 15.5 Å². The van der Waals surface area contributed by atoms with Crippen molar-refractivity contribution in [1.29, 1.82) is 0 Å². The molecule has 4 amide bonds. The number of nitrogens with one attached hydrogen (secondary N) is 1. The number of piperazine rings is 1. The Hall–Kier alpha value is -2.61. The van der Waals surface area contributed by atoms with Gasteiger partial charge in [-0.2, -0.15) is 0 Å². The number of rotatable bonds is 0. The zero-order chi connectivity index (χ0) is 18.8. The normalized spacial score (nSPS) is 27.7. The van der Waals surface area contributed by atoms with Gasteiger partial charge in [-0.1, -0.05) is 0 Å². The second-order valence-corrected chi connectivity index (χ2v) is 7.67. The monoisotopic (exact) mass is 358 g/mol. The molecule has 3 N–H and O–H groups in total. The summed E-state index contributed by atoms with van der Waals surface area (Å²) in [6.45, 7) is 2.33. The van der Waals surface area contributed by atoms with Gasteiger partial charge < -0.3 is 15.5 Å². The molecule has 3 aliphatic rings. The number of anilines is 2. The number of quaternary nitrogens is 1. The van der Waals surface area contributed by atoms with Crippen LogP contribution in [0.15, 0.2) is 18.2 Å². The van der Waals surface area contributed by atoms with Crippen LogP contribution in [0.5, 0.6) is 0 Å². The minimum atomic E-state index is -1.29. The predicted molar refractivity (Wildman–Crippen MR) is 95.7 cm³/mol. The number of likely N-dealkylation sites (N-methyl/N-ethyl adjacent to an activating group) is 1. The summed E-state index contributed by atoms with van der Waals surface area (Å²) >= 11 is 0. The van der Waals surface area contributed by atoms with E-state index in [0.717, 1.165) is 34.1 Å². The zero-order valence-electron chi connectivity index (χ0n) is 15.3. The number of nitrogens with zero attached hydrogens (tertiary/aromatic N) is 3. The van der Waals surface area contributed by atoms with Crippen LogP contribution in [0.25, 0.3) is 0 Å². The molecule has 3 aliphatic heterocycles. The molecular weight excluding hydrogens is 334 g/mol. The lowest BCUT2D eigenvalue weighted by molar-refractivity contribution is -0.883. The van der Waals surface area contributed by atoms with Crippen LogP contribution in [0.2, 0.25) is 0 Å². The predicted octanol–water partition coefficient (Wildman–Crippen LogP) is -1.43. The van der Waals surface area contributed by atoms with Crippen LogP contribution in [-0.2, 0) is 16.0 Å². The molecule has 26 heavy (non-hydrogen) atoms. The Morgan fingerprint density at radius 3 is 2.46 bits per heavy atom. The number of barbiturate groups is 1. The fraction of sp³-hybridized carbons (Fsp3) is 0.500. The molecule has 2 fully saturated rings. The number of imide groups is 2. The van der Waals surface area contributed by atoms with E-state index in [1.165, 1.54) is 19.0 Å². The van der Waals surface area contributed by atoms with Crippen molar-refractivity contribution in [3.63, 3.8) is 0 Å². The summed E-state index contributed by atoms with van der Waals surface area (Å²) in [5.74, 6) is -0.827. The molecule has 2 atom stereocenters. The number of urea groups is 1. The highest BCUT2D eigenvalue weighted by atomic mass is 16.2. The quantitative estimate of drug-likeness (QED) is 0.438. The number of nitrogens with two attached hydrogens (primary N) is 1. The topological polar surface area (TPSA) is 91.4 Å². The molecule has 8 nitrogen and oxygen atoms in total. The molecule has 4 rings (SSSR count). The van der Waals surface area contributed by atoms with E-state index in [1.807, 2.05) is 18.2 Å². The molecule has 0 aliphatic carbocycles. The SMILES string of the molecule is CN1C(=O)N(C)C(=O)C2(Cc3cc(N)ccc3N3CC[NH+](C)C[C@H]32)C1=O. The summed E-state index contributed by atoms with van der Waals surface area (Å²) in [4.78, 5) is 44.5. The molecule has 1 spiro atoms. The van der Waals surface area contributed by atoms with Gasteiger partial charge in [0.05, 0.1) is 26.7 Å². The molecule has 0 radical (unpaired) electrons. The summed E-state index contributed by atoms with van der Waals surface area (Å²) in [7, 11) is 4.97. The highest BCUT2D eigenvalue weighted by Crippen LogP contribution is 2.45. The van der Waals surface area contributed by atoms with Gasteiger partial charge in [0.1, 0.15) is 6.04 Å². The molecular formula is C18H24N5O3+. The van der Waals surface area contributed by atoms with E-state index < -0.39 is 23.3 Å². The number of nitrogen functional groups attached to an aromatic ring is 1. The summed E-state index contributed by atoms with van der Waals surface area (Å²) in [5, 5.41) is 0. The third-order valence-electron chi connectivity index (χ3n) is 6.10. The fourth-order valence-electron chi connectivity index (χ4n) is 4.71. The largest absolute Gasteiger partial charge is 0.399 e. The third-order valence-corrected chi connectivity index (χ3v) is 6.10. The van der Waals surface area contributed by atoms with E-state index in [0.29, 0.717) is 12.2 Å². The minimum absolute atomic E-state index is 0.265. The second-order valence-electron chi connectivity index (χ2n) is 7.67. The maximum Gasteiger partial charge on any atom is 0.332 e. The Bertz CT molecular complexity index is 799. The number of fused-ring (bicyclic) bond motifs is 4. The first-order valence-electron chi connectivity index (χ1n) is 8.84. The van der Waals surface area contributed by atoms with Crippen molar-refractivity contribution in [2.45, 2.75) is 12.5 Å². The van der Waals surface area contributed by atoms with E-state index in [-0.39, 0.29) is 12.5 Å². The molecule has 1 aromatic rings. The molecule has 1 aromatic carbocycles. The number of benzene rings is 1. The van der Waals surface area contributed by atoms with Gasteiger partial charge in [0.15, 0.2) is 5.41 Å². The van der Waals surface area contributed by atoms with Crippen molar-refractivity contribution < 1.29 is 19.3 Å². The Morgan fingerprint density at radius 1 is 1.15 bits per heavy atom. The van der Waals surface area contributed by atoms with Crippen molar-refractivity contribution in [2.75, 3.05) is 51.4 Å². The fourth-order valence-corrected chi connectivity index (χ4v) is 4.71. The van der Waals surface area contributed by atoms with Crippen LogP contribution in [0.1, 0.15) is 5.56 Å². The smallest absolute Gasteiger partial charge is 0.332 e. The molecule has 1 unspecified atom stereocenters. The van der Waals surface area contributed by atoms with Gasteiger partial charge in [0, 0.05) is 31.9 Å². The Morgan fingerprint density at radius 2 is 1.81 bits per heavy atom. The lowest BCUT2D eigenvalue weighted by Crippen LogP contribution is -3.14. The molecule has 8 heteroatoms. The van der Waals surface area contributed by atoms with Gasteiger partial charge >= 0.3 is 6.03 Å². The standard InChI is InChI=1S/C18H23N5O3/c1-20-6-7-23-13-5-4-12(19)8-11(13)9-18(14(23)10-20)15(24)21(2)17(26)22(3)16(18)25/h4-5,8,14H,6-7,9-10,19H2,1-3H3/p+1/t14-/m0/s1. The van der Waals surface area contributed by atoms with E-state index in [2.05, 4.69) is 11.9 Å². The number of hydrogen-bond acceptors (Lipinski definition) is 5. The lowest BCUT2D eigenvalue weighted by Gasteiger charge is -2.54. The molecule has 0 bridgehead atoms. The Labute approximate surface area is 152 Å². The first kappa shape index (κ1) is 16.8. The first-order chi connectivity index (χ1) is 12.3. The summed E-state index contributed by atoms with van der Waals surface area (Å²) in [5.41, 5.74) is 7.20. The summed E-state index contributed by atoms with van der Waals surface area (Å²) < 4.78 is 0. The van der Waals surface area contributed by atoms with Crippen LogP contribution in [0, 0.1) is 5.41 Å². The maximum absolute atomic E-state index is 13.3. The first-order valence-corrected chi connectivity index (χ1v) is 8.84. The molecule has 3 heterocycles. The summed E-state index contributed by atoms with van der Waals surface area (Å²) in [6, 6.07) is 4.81. The van der Waals surface area contributed by atoms with Gasteiger partial charge in [0.2, 0.25) is 11.8 Å². The van der Waals surface area contributed by atoms with Crippen molar-refractivity contribution in [3.05, 3.63) is 23.8 Å². The molecule has 0 aromatic heterocycles. The van der Waals surface area contributed by atoms with Gasteiger partial charge in [-0.25, -0.2) is 4.79 Å². The molecule has 2 saturated heterocycles. The molecule has 0 saturated carbocycles. The van der Waals surface area contributed by atoms with Gasteiger partial charge in [-0.15, -0.1) is 0 Å². The van der Waals surface area contributed by atoms with Crippen LogP contribution in [-0.4, -0.2) is 74.5 Å². The number of carbonyl (C=O) groups excluding carboxylic acids is 3. The molecule has 138 valence electrons. The van der Waals surface area contributed by atoms with Crippen molar-refractivity contribution in [1.82, 2.24) is 9.80 Å². The lowest BCUT2D eigenvalue weighted by atomic mass is 9.67. The average molecular weight is 358 g/mol. The van der Waals surface area contributed by atoms with Crippen LogP contribution >= 0.6 is 0 Å². The van der Waals surface area contributed by atoms with E-state index in [9.17, 15) is 14.4 Å².